The first-order chi connectivity index (χ1) is 9.38. The molecule has 0 spiro atoms. The van der Waals surface area contributed by atoms with E-state index in [1.807, 2.05) is 7.05 Å². The van der Waals surface area contributed by atoms with Crippen LogP contribution in [0.3, 0.4) is 0 Å². The number of likely N-dealkylation sites (tertiary alicyclic amines) is 1. The lowest BCUT2D eigenvalue weighted by molar-refractivity contribution is -0.138. The molecule has 0 aliphatic carbocycles. The molecule has 20 heavy (non-hydrogen) atoms. The summed E-state index contributed by atoms with van der Waals surface area (Å²) >= 11 is 0. The van der Waals surface area contributed by atoms with Gasteiger partial charge in [0.05, 0.1) is 5.56 Å². The fraction of sp³-hybridized carbons (Fsp3) is 0.600. The monoisotopic (exact) mass is 286 g/mol. The molecule has 1 saturated heterocycles. The van der Waals surface area contributed by atoms with Gasteiger partial charge in [-0.2, -0.15) is 13.2 Å². The first-order valence-electron chi connectivity index (χ1n) is 6.92. The highest BCUT2D eigenvalue weighted by atomic mass is 19.4. The van der Waals surface area contributed by atoms with Crippen LogP contribution in [0.5, 0.6) is 0 Å². The average Bonchev–Trinajstić information content (AvgIpc) is 2.38. The second kappa shape index (κ2) is 6.14. The van der Waals surface area contributed by atoms with Gasteiger partial charge >= 0.3 is 6.18 Å². The van der Waals surface area contributed by atoms with E-state index in [1.54, 1.807) is 12.1 Å². The predicted molar refractivity (Wildman–Crippen MR) is 73.4 cm³/mol. The maximum absolute atomic E-state index is 13.0. The van der Waals surface area contributed by atoms with E-state index in [9.17, 15) is 13.2 Å². The summed E-state index contributed by atoms with van der Waals surface area (Å²) < 4.78 is 38.9. The number of nitrogens with zero attached hydrogens (tertiary/aromatic N) is 2. The summed E-state index contributed by atoms with van der Waals surface area (Å²) in [5.41, 5.74) is -0.152. The number of alkyl halides is 3. The topological polar surface area (TPSA) is 6.48 Å². The van der Waals surface area contributed by atoms with Crippen LogP contribution in [0.15, 0.2) is 24.3 Å². The fourth-order valence-corrected chi connectivity index (χ4v) is 2.77. The van der Waals surface area contributed by atoms with Crippen LogP contribution in [0, 0.1) is 0 Å². The molecule has 1 heterocycles. The van der Waals surface area contributed by atoms with E-state index in [0.717, 1.165) is 32.0 Å². The molecule has 1 fully saturated rings. The van der Waals surface area contributed by atoms with Gasteiger partial charge in [-0.1, -0.05) is 18.2 Å². The normalized spacial score (nSPS) is 18.7. The number of hydrogen-bond donors (Lipinski definition) is 0. The Bertz CT molecular complexity index is 437. The lowest BCUT2D eigenvalue weighted by Crippen LogP contribution is -2.41. The number of halogens is 3. The molecule has 1 aliphatic rings. The van der Waals surface area contributed by atoms with Crippen LogP contribution in [0.4, 0.5) is 13.2 Å². The summed E-state index contributed by atoms with van der Waals surface area (Å²) in [5, 5.41) is 0. The third-order valence-electron chi connectivity index (χ3n) is 4.05. The van der Waals surface area contributed by atoms with Gasteiger partial charge in [-0.3, -0.25) is 4.90 Å². The minimum absolute atomic E-state index is 0.351. The van der Waals surface area contributed by atoms with E-state index in [4.69, 9.17) is 0 Å². The molecule has 0 amide bonds. The maximum atomic E-state index is 13.0. The summed E-state index contributed by atoms with van der Waals surface area (Å²) in [7, 11) is 4.00. The van der Waals surface area contributed by atoms with E-state index in [2.05, 4.69) is 16.8 Å². The smallest absolute Gasteiger partial charge is 0.306 e. The third-order valence-corrected chi connectivity index (χ3v) is 4.05. The first-order valence-corrected chi connectivity index (χ1v) is 6.92. The van der Waals surface area contributed by atoms with E-state index >= 15 is 0 Å². The Balaban J connectivity index is 2.06. The zero-order chi connectivity index (χ0) is 14.8. The van der Waals surface area contributed by atoms with Gasteiger partial charge in [0.25, 0.3) is 0 Å². The summed E-state index contributed by atoms with van der Waals surface area (Å²) in [6, 6.07) is 6.23. The van der Waals surface area contributed by atoms with Crippen LogP contribution >= 0.6 is 0 Å². The van der Waals surface area contributed by atoms with Crippen LogP contribution in [-0.4, -0.2) is 43.0 Å². The minimum Gasteiger partial charge on any atom is -0.306 e. The van der Waals surface area contributed by atoms with Crippen molar-refractivity contribution in [2.75, 3.05) is 27.2 Å². The van der Waals surface area contributed by atoms with Gasteiger partial charge in [0.2, 0.25) is 0 Å². The zero-order valence-electron chi connectivity index (χ0n) is 12.0. The molecule has 0 radical (unpaired) electrons. The van der Waals surface area contributed by atoms with Crippen molar-refractivity contribution in [3.8, 4) is 0 Å². The van der Waals surface area contributed by atoms with Crippen LogP contribution in [0.25, 0.3) is 0 Å². The Morgan fingerprint density at radius 3 is 2.40 bits per heavy atom. The quantitative estimate of drug-likeness (QED) is 0.841. The predicted octanol–water partition coefficient (Wildman–Crippen LogP) is 3.23. The molecule has 2 nitrogen and oxygen atoms in total. The zero-order valence-corrected chi connectivity index (χ0v) is 12.0. The number of benzene rings is 1. The number of hydrogen-bond acceptors (Lipinski definition) is 2. The van der Waals surface area contributed by atoms with Crippen LogP contribution < -0.4 is 0 Å². The highest BCUT2D eigenvalue weighted by Crippen LogP contribution is 2.32. The molecule has 0 atom stereocenters. The standard InChI is InChI=1S/C15H21F3N2/c1-19-9-7-13(8-10-19)20(2)11-12-5-3-4-6-14(12)15(16,17)18/h3-6,13H,7-11H2,1-2H3. The van der Waals surface area contributed by atoms with Gasteiger partial charge in [-0.15, -0.1) is 0 Å². The molecule has 1 aromatic rings. The molecule has 0 bridgehead atoms. The van der Waals surface area contributed by atoms with Crippen molar-refractivity contribution in [3.05, 3.63) is 35.4 Å². The van der Waals surface area contributed by atoms with Crippen molar-refractivity contribution in [1.29, 1.82) is 0 Å². The fourth-order valence-electron chi connectivity index (χ4n) is 2.77. The Morgan fingerprint density at radius 1 is 1.20 bits per heavy atom. The summed E-state index contributed by atoms with van der Waals surface area (Å²) in [6.45, 7) is 2.37. The maximum Gasteiger partial charge on any atom is 0.416 e. The van der Waals surface area contributed by atoms with Crippen molar-refractivity contribution in [1.82, 2.24) is 9.80 Å². The van der Waals surface area contributed by atoms with Crippen LogP contribution in [0.1, 0.15) is 24.0 Å². The molecule has 5 heteroatoms. The minimum atomic E-state index is -4.27. The molecule has 0 saturated carbocycles. The van der Waals surface area contributed by atoms with Crippen LogP contribution in [0.2, 0.25) is 0 Å². The Morgan fingerprint density at radius 2 is 1.80 bits per heavy atom. The summed E-state index contributed by atoms with van der Waals surface area (Å²) in [6.07, 6.45) is -2.24. The number of piperidine rings is 1. The van der Waals surface area contributed by atoms with Gasteiger partial charge in [0, 0.05) is 12.6 Å². The summed E-state index contributed by atoms with van der Waals surface area (Å²) in [5.74, 6) is 0. The highest BCUT2D eigenvalue weighted by Gasteiger charge is 2.33. The van der Waals surface area contributed by atoms with E-state index in [1.165, 1.54) is 6.07 Å². The molecule has 1 aliphatic heterocycles. The first kappa shape index (κ1) is 15.3. The molecule has 112 valence electrons. The van der Waals surface area contributed by atoms with E-state index in [-0.39, 0.29) is 0 Å². The van der Waals surface area contributed by atoms with E-state index in [0.29, 0.717) is 18.2 Å². The lowest BCUT2D eigenvalue weighted by Gasteiger charge is -2.35. The van der Waals surface area contributed by atoms with Crippen molar-refractivity contribution in [3.63, 3.8) is 0 Å². The van der Waals surface area contributed by atoms with Gasteiger partial charge in [0.1, 0.15) is 0 Å². The molecular formula is C15H21F3N2. The van der Waals surface area contributed by atoms with Crippen molar-refractivity contribution < 1.29 is 13.2 Å². The summed E-state index contributed by atoms with van der Waals surface area (Å²) in [4.78, 5) is 4.31. The Labute approximate surface area is 118 Å². The third kappa shape index (κ3) is 3.73. The molecule has 1 aromatic carbocycles. The van der Waals surface area contributed by atoms with Gasteiger partial charge in [-0.25, -0.2) is 0 Å². The molecule has 0 aromatic heterocycles. The average molecular weight is 286 g/mol. The number of rotatable bonds is 3. The highest BCUT2D eigenvalue weighted by molar-refractivity contribution is 5.29. The van der Waals surface area contributed by atoms with Crippen molar-refractivity contribution in [2.24, 2.45) is 0 Å². The van der Waals surface area contributed by atoms with Crippen molar-refractivity contribution in [2.45, 2.75) is 31.6 Å². The van der Waals surface area contributed by atoms with Gasteiger partial charge in [0.15, 0.2) is 0 Å². The SMILES string of the molecule is CN1CCC(N(C)Cc2ccccc2C(F)(F)F)CC1. The second-order valence-corrected chi connectivity index (χ2v) is 5.60. The molecule has 2 rings (SSSR count). The van der Waals surface area contributed by atoms with Crippen LogP contribution in [-0.2, 0) is 12.7 Å². The Hall–Kier alpha value is -1.07. The van der Waals surface area contributed by atoms with Crippen molar-refractivity contribution >= 4 is 0 Å². The van der Waals surface area contributed by atoms with Gasteiger partial charge in [-0.05, 0) is 51.7 Å². The largest absolute Gasteiger partial charge is 0.416 e. The molecule has 0 N–H and O–H groups in total. The van der Waals surface area contributed by atoms with E-state index < -0.39 is 11.7 Å². The second-order valence-electron chi connectivity index (χ2n) is 5.60. The Kier molecular flexibility index (Phi) is 4.70. The van der Waals surface area contributed by atoms with Gasteiger partial charge < -0.3 is 4.90 Å². The lowest BCUT2D eigenvalue weighted by atomic mass is 10.0. The molecular weight excluding hydrogens is 265 g/mol. The molecule has 0 unspecified atom stereocenters.